The van der Waals surface area contributed by atoms with Gasteiger partial charge in [-0.05, 0) is 61.1 Å². The van der Waals surface area contributed by atoms with Gasteiger partial charge in [0.25, 0.3) is 0 Å². The van der Waals surface area contributed by atoms with Crippen LogP contribution in [0.25, 0.3) is 0 Å². The predicted octanol–water partition coefficient (Wildman–Crippen LogP) is 7.05. The number of Topliss-reactive ketones (excluding diaryl/α,β-unsaturated/α-hetero) is 1. The van der Waals surface area contributed by atoms with Crippen LogP contribution in [0.5, 0.6) is 0 Å². The molecular weight excluding hydrogens is 448 g/mol. The fraction of sp³-hybridized carbons (Fsp3) is 0.222. The van der Waals surface area contributed by atoms with E-state index in [0.29, 0.717) is 6.42 Å². The number of carbonyl (C=O) groups is 1. The first-order valence-corrected chi connectivity index (χ1v) is 11.5. The van der Waals surface area contributed by atoms with Gasteiger partial charge in [-0.25, -0.2) is 0 Å². The van der Waals surface area contributed by atoms with E-state index in [1.165, 1.54) is 16.7 Å². The third kappa shape index (κ3) is 3.81. The number of allylic oxidation sites excluding steroid dienone is 1. The lowest BCUT2D eigenvalue weighted by molar-refractivity contribution is -0.116. The highest BCUT2D eigenvalue weighted by molar-refractivity contribution is 9.10. The van der Waals surface area contributed by atoms with Crippen molar-refractivity contribution >= 4 is 33.1 Å². The van der Waals surface area contributed by atoms with Gasteiger partial charge in [0.15, 0.2) is 5.78 Å². The van der Waals surface area contributed by atoms with Crippen molar-refractivity contribution in [2.45, 2.75) is 38.6 Å². The number of rotatable bonds is 2. The summed E-state index contributed by atoms with van der Waals surface area (Å²) in [6.07, 6.45) is 1.36. The molecule has 0 saturated heterocycles. The van der Waals surface area contributed by atoms with E-state index < -0.39 is 0 Å². The summed E-state index contributed by atoms with van der Waals surface area (Å²) >= 11 is 3.67. The highest BCUT2D eigenvalue weighted by Gasteiger charge is 2.36. The van der Waals surface area contributed by atoms with Crippen LogP contribution in [-0.2, 0) is 4.79 Å². The van der Waals surface area contributed by atoms with Crippen LogP contribution in [0.3, 0.4) is 0 Å². The van der Waals surface area contributed by atoms with E-state index in [1.54, 1.807) is 0 Å². The van der Waals surface area contributed by atoms with Crippen LogP contribution >= 0.6 is 15.9 Å². The summed E-state index contributed by atoms with van der Waals surface area (Å²) in [7, 11) is 0. The summed E-state index contributed by atoms with van der Waals surface area (Å²) < 4.78 is 1.06. The number of fused-ring (bicyclic) bond motifs is 1. The monoisotopic (exact) mass is 472 g/mol. The molecule has 2 N–H and O–H groups in total. The first kappa shape index (κ1) is 20.1. The SMILES string of the molecule is Cc1ccc(C2CC(=O)C3=C(C2)Nc2ccccc2NC3c2ccc(C)c(Br)c2)cc1. The Morgan fingerprint density at radius 1 is 0.871 bits per heavy atom. The summed E-state index contributed by atoms with van der Waals surface area (Å²) in [5, 5.41) is 7.27. The summed E-state index contributed by atoms with van der Waals surface area (Å²) in [5.74, 6) is 0.399. The third-order valence-electron chi connectivity index (χ3n) is 6.39. The van der Waals surface area contributed by atoms with Crippen molar-refractivity contribution < 1.29 is 4.79 Å². The van der Waals surface area contributed by atoms with Crippen molar-refractivity contribution in [3.63, 3.8) is 0 Å². The van der Waals surface area contributed by atoms with Gasteiger partial charge in [-0.2, -0.15) is 0 Å². The molecule has 1 aliphatic heterocycles. The molecule has 2 unspecified atom stereocenters. The normalized spacial score (nSPS) is 20.3. The van der Waals surface area contributed by atoms with Gasteiger partial charge in [0.1, 0.15) is 0 Å². The van der Waals surface area contributed by atoms with E-state index >= 15 is 0 Å². The quantitative estimate of drug-likeness (QED) is 0.419. The Balaban J connectivity index is 1.61. The Morgan fingerprint density at radius 2 is 1.58 bits per heavy atom. The number of benzene rings is 3. The van der Waals surface area contributed by atoms with Gasteiger partial charge in [-0.15, -0.1) is 0 Å². The van der Waals surface area contributed by atoms with Crippen LogP contribution in [-0.4, -0.2) is 5.78 Å². The molecule has 3 aromatic rings. The number of carbonyl (C=O) groups excluding carboxylic acids is 1. The highest BCUT2D eigenvalue weighted by atomic mass is 79.9. The minimum atomic E-state index is -0.186. The molecule has 3 nitrogen and oxygen atoms in total. The Bertz CT molecular complexity index is 1200. The molecule has 0 saturated carbocycles. The van der Waals surface area contributed by atoms with Crippen LogP contribution in [0, 0.1) is 13.8 Å². The van der Waals surface area contributed by atoms with Gasteiger partial charge in [0, 0.05) is 22.2 Å². The fourth-order valence-electron chi connectivity index (χ4n) is 4.61. The van der Waals surface area contributed by atoms with Crippen molar-refractivity contribution in [3.05, 3.63) is 105 Å². The topological polar surface area (TPSA) is 41.1 Å². The summed E-state index contributed by atoms with van der Waals surface area (Å²) in [5.41, 5.74) is 8.65. The maximum Gasteiger partial charge on any atom is 0.163 e. The molecule has 0 bridgehead atoms. The van der Waals surface area contributed by atoms with E-state index in [1.807, 2.05) is 12.1 Å². The second-order valence-corrected chi connectivity index (χ2v) is 9.44. The first-order chi connectivity index (χ1) is 15.0. The average molecular weight is 473 g/mol. The molecule has 31 heavy (non-hydrogen) atoms. The van der Waals surface area contributed by atoms with E-state index in [0.717, 1.165) is 39.1 Å². The second kappa shape index (κ2) is 8.01. The molecule has 0 aromatic heterocycles. The molecule has 1 aliphatic carbocycles. The molecule has 4 heteroatoms. The largest absolute Gasteiger partial charge is 0.372 e. The maximum atomic E-state index is 13.6. The Hall–Kier alpha value is -2.85. The van der Waals surface area contributed by atoms with Crippen molar-refractivity contribution in [2.24, 2.45) is 0 Å². The Labute approximate surface area is 191 Å². The number of halogens is 1. The van der Waals surface area contributed by atoms with Gasteiger partial charge in [0.2, 0.25) is 0 Å². The molecule has 0 fully saturated rings. The summed E-state index contributed by atoms with van der Waals surface area (Å²) in [4.78, 5) is 13.6. The van der Waals surface area contributed by atoms with Gasteiger partial charge >= 0.3 is 0 Å². The van der Waals surface area contributed by atoms with E-state index in [4.69, 9.17) is 0 Å². The van der Waals surface area contributed by atoms with Crippen LogP contribution < -0.4 is 10.6 Å². The van der Waals surface area contributed by atoms with Gasteiger partial charge < -0.3 is 10.6 Å². The number of ketones is 1. The first-order valence-electron chi connectivity index (χ1n) is 10.7. The minimum absolute atomic E-state index is 0.186. The predicted molar refractivity (Wildman–Crippen MR) is 130 cm³/mol. The second-order valence-electron chi connectivity index (χ2n) is 8.59. The third-order valence-corrected chi connectivity index (χ3v) is 7.24. The number of hydrogen-bond donors (Lipinski definition) is 2. The van der Waals surface area contributed by atoms with E-state index in [-0.39, 0.29) is 17.7 Å². The zero-order chi connectivity index (χ0) is 21.5. The molecule has 3 aromatic carbocycles. The van der Waals surface area contributed by atoms with Crippen LogP contribution in [0.15, 0.2) is 82.5 Å². The fourth-order valence-corrected chi connectivity index (χ4v) is 5.00. The number of aryl methyl sites for hydroxylation is 2. The number of anilines is 2. The number of nitrogens with one attached hydrogen (secondary N) is 2. The smallest absolute Gasteiger partial charge is 0.163 e. The molecule has 0 radical (unpaired) electrons. The lowest BCUT2D eigenvalue weighted by Gasteiger charge is -2.30. The van der Waals surface area contributed by atoms with E-state index in [9.17, 15) is 4.79 Å². The van der Waals surface area contributed by atoms with Gasteiger partial charge in [-0.1, -0.05) is 70.0 Å². The molecule has 2 atom stereocenters. The van der Waals surface area contributed by atoms with Crippen molar-refractivity contribution in [1.82, 2.24) is 0 Å². The van der Waals surface area contributed by atoms with Crippen molar-refractivity contribution in [1.29, 1.82) is 0 Å². The summed E-state index contributed by atoms with van der Waals surface area (Å²) in [6.45, 7) is 4.17. The lowest BCUT2D eigenvalue weighted by Crippen LogP contribution is -2.26. The molecule has 0 amide bonds. The van der Waals surface area contributed by atoms with Gasteiger partial charge in [0.05, 0.1) is 17.4 Å². The standard InChI is InChI=1S/C27H25BrN2O/c1-16-7-10-18(11-8-16)20-14-24-26(25(31)15-20)27(19-12-9-17(2)21(28)13-19)30-23-6-4-3-5-22(23)29-24/h3-13,20,27,29-30H,14-15H2,1-2H3. The van der Waals surface area contributed by atoms with Crippen LogP contribution in [0.4, 0.5) is 11.4 Å². The molecular formula is C27H25BrN2O. The summed E-state index contributed by atoms with van der Waals surface area (Å²) in [6, 6.07) is 23.0. The van der Waals surface area contributed by atoms with E-state index in [2.05, 4.69) is 95.0 Å². The van der Waals surface area contributed by atoms with Crippen molar-refractivity contribution in [2.75, 3.05) is 10.6 Å². The number of para-hydroxylation sites is 2. The van der Waals surface area contributed by atoms with Crippen molar-refractivity contribution in [3.8, 4) is 0 Å². The molecule has 5 rings (SSSR count). The van der Waals surface area contributed by atoms with Crippen LogP contribution in [0.1, 0.15) is 47.1 Å². The Morgan fingerprint density at radius 3 is 2.32 bits per heavy atom. The molecule has 156 valence electrons. The molecule has 0 spiro atoms. The lowest BCUT2D eigenvalue weighted by atomic mass is 9.78. The minimum Gasteiger partial charge on any atom is -0.372 e. The molecule has 2 aliphatic rings. The zero-order valence-corrected chi connectivity index (χ0v) is 19.3. The zero-order valence-electron chi connectivity index (χ0n) is 17.7. The maximum absolute atomic E-state index is 13.6. The number of hydrogen-bond acceptors (Lipinski definition) is 3. The highest BCUT2D eigenvalue weighted by Crippen LogP contribution is 2.44. The Kier molecular flexibility index (Phi) is 5.19. The van der Waals surface area contributed by atoms with Crippen LogP contribution in [0.2, 0.25) is 0 Å². The average Bonchev–Trinajstić information content (AvgIpc) is 2.93. The van der Waals surface area contributed by atoms with Gasteiger partial charge in [-0.3, -0.25) is 4.79 Å². The molecule has 1 heterocycles.